The molecular formula is C13H16N2O5. The van der Waals surface area contributed by atoms with Crippen LogP contribution in [0.15, 0.2) is 10.8 Å². The molecule has 3 rings (SSSR count). The highest BCUT2D eigenvalue weighted by molar-refractivity contribution is 5.93. The molecule has 0 unspecified atom stereocenters. The fourth-order valence-electron chi connectivity index (χ4n) is 3.10. The smallest absolute Gasteiger partial charge is 0.311 e. The van der Waals surface area contributed by atoms with Crippen LogP contribution in [0.5, 0.6) is 0 Å². The zero-order valence-corrected chi connectivity index (χ0v) is 11.2. The summed E-state index contributed by atoms with van der Waals surface area (Å²) in [5.41, 5.74) is -0.368. The molecule has 7 nitrogen and oxygen atoms in total. The number of nitrogens with zero attached hydrogens (tertiary/aromatic N) is 2. The van der Waals surface area contributed by atoms with Crippen LogP contribution in [0.4, 0.5) is 0 Å². The van der Waals surface area contributed by atoms with Crippen molar-refractivity contribution in [1.82, 2.24) is 9.88 Å². The van der Waals surface area contributed by atoms with Gasteiger partial charge in [0.05, 0.1) is 17.7 Å². The first kappa shape index (κ1) is 13.1. The number of hydrogen-bond acceptors (Lipinski definition) is 5. The Hall–Kier alpha value is -1.89. The molecule has 1 amide bonds. The summed E-state index contributed by atoms with van der Waals surface area (Å²) in [5.74, 6) is -1.13. The Morgan fingerprint density at radius 2 is 2.35 bits per heavy atom. The van der Waals surface area contributed by atoms with Crippen LogP contribution in [0.2, 0.25) is 0 Å². The molecule has 0 radical (unpaired) electrons. The van der Waals surface area contributed by atoms with Crippen LogP contribution < -0.4 is 0 Å². The molecule has 2 saturated heterocycles. The van der Waals surface area contributed by atoms with Gasteiger partial charge < -0.3 is 19.2 Å². The molecule has 0 bridgehead atoms. The van der Waals surface area contributed by atoms with Crippen LogP contribution in [0.3, 0.4) is 0 Å². The highest BCUT2D eigenvalue weighted by Gasteiger charge is 2.55. The quantitative estimate of drug-likeness (QED) is 0.850. The fraction of sp³-hybridized carbons (Fsp3) is 0.615. The number of carboxylic acids is 1. The summed E-state index contributed by atoms with van der Waals surface area (Å²) in [6.07, 6.45) is 1.66. The molecule has 20 heavy (non-hydrogen) atoms. The van der Waals surface area contributed by atoms with Gasteiger partial charge in [0, 0.05) is 25.6 Å². The van der Waals surface area contributed by atoms with Crippen molar-refractivity contribution in [3.05, 3.63) is 17.8 Å². The number of carboxylic acid groups (broad SMARTS) is 1. The Balaban J connectivity index is 1.86. The third-order valence-corrected chi connectivity index (χ3v) is 4.36. The molecule has 2 aliphatic rings. The van der Waals surface area contributed by atoms with E-state index in [0.717, 1.165) is 0 Å². The normalized spacial score (nSPS) is 29.2. The van der Waals surface area contributed by atoms with Gasteiger partial charge in [0.1, 0.15) is 0 Å². The van der Waals surface area contributed by atoms with Crippen molar-refractivity contribution in [2.24, 2.45) is 11.3 Å². The van der Waals surface area contributed by atoms with Crippen molar-refractivity contribution in [2.45, 2.75) is 13.3 Å². The van der Waals surface area contributed by atoms with E-state index >= 15 is 0 Å². The average Bonchev–Trinajstić information content (AvgIpc) is 3.01. The van der Waals surface area contributed by atoms with Crippen molar-refractivity contribution >= 4 is 11.9 Å². The van der Waals surface area contributed by atoms with Crippen LogP contribution in [-0.4, -0.2) is 53.2 Å². The van der Waals surface area contributed by atoms with Crippen molar-refractivity contribution in [2.75, 3.05) is 26.3 Å². The first-order valence-corrected chi connectivity index (χ1v) is 6.55. The fourth-order valence-corrected chi connectivity index (χ4v) is 3.10. The standard InChI is InChI=1S/C13H16N2O5/c1-8-10(20-7-14-8)11(16)15-4-9-5-19-3-2-13(9,6-15)12(17)18/h7,9H,2-6H2,1H3,(H,17,18)/t9-,13+/m0/s1. The minimum atomic E-state index is -0.887. The summed E-state index contributed by atoms with van der Waals surface area (Å²) in [6.45, 7) is 3.08. The number of carbonyl (C=O) groups excluding carboxylic acids is 1. The van der Waals surface area contributed by atoms with E-state index in [1.54, 1.807) is 11.8 Å². The molecule has 2 fully saturated rings. The van der Waals surface area contributed by atoms with Crippen molar-refractivity contribution in [1.29, 1.82) is 0 Å². The van der Waals surface area contributed by atoms with Crippen molar-refractivity contribution in [3.8, 4) is 0 Å². The van der Waals surface area contributed by atoms with Gasteiger partial charge in [0.15, 0.2) is 6.39 Å². The van der Waals surface area contributed by atoms with Crippen LogP contribution in [0.25, 0.3) is 0 Å². The Labute approximate surface area is 115 Å². The lowest BCUT2D eigenvalue weighted by molar-refractivity contribution is -0.157. The predicted molar refractivity (Wildman–Crippen MR) is 66.1 cm³/mol. The van der Waals surface area contributed by atoms with Gasteiger partial charge >= 0.3 is 5.97 Å². The Morgan fingerprint density at radius 1 is 1.55 bits per heavy atom. The van der Waals surface area contributed by atoms with E-state index < -0.39 is 11.4 Å². The summed E-state index contributed by atoms with van der Waals surface area (Å²) >= 11 is 0. The van der Waals surface area contributed by atoms with E-state index in [4.69, 9.17) is 9.15 Å². The van der Waals surface area contributed by atoms with Gasteiger partial charge in [-0.25, -0.2) is 4.98 Å². The topological polar surface area (TPSA) is 92.9 Å². The van der Waals surface area contributed by atoms with Gasteiger partial charge in [-0.15, -0.1) is 0 Å². The predicted octanol–water partition coefficient (Wildman–Crippen LogP) is 0.546. The molecule has 7 heteroatoms. The van der Waals surface area contributed by atoms with Gasteiger partial charge in [0.25, 0.3) is 5.91 Å². The van der Waals surface area contributed by atoms with E-state index in [9.17, 15) is 14.7 Å². The summed E-state index contributed by atoms with van der Waals surface area (Å²) in [6, 6.07) is 0. The summed E-state index contributed by atoms with van der Waals surface area (Å²) in [4.78, 5) is 29.5. The lowest BCUT2D eigenvalue weighted by Gasteiger charge is -2.33. The second kappa shape index (κ2) is 4.59. The van der Waals surface area contributed by atoms with Gasteiger partial charge in [-0.05, 0) is 13.3 Å². The zero-order chi connectivity index (χ0) is 14.3. The van der Waals surface area contributed by atoms with Crippen LogP contribution in [0, 0.1) is 18.3 Å². The molecule has 1 aromatic heterocycles. The molecule has 3 heterocycles. The Morgan fingerprint density at radius 3 is 2.95 bits per heavy atom. The average molecular weight is 280 g/mol. The van der Waals surface area contributed by atoms with Crippen LogP contribution in [0.1, 0.15) is 22.7 Å². The molecule has 1 aromatic rings. The van der Waals surface area contributed by atoms with Gasteiger partial charge in [0.2, 0.25) is 5.76 Å². The SMILES string of the molecule is Cc1ncoc1C(=O)N1C[C@H]2COCC[C@@]2(C(=O)O)C1. The number of hydrogen-bond donors (Lipinski definition) is 1. The number of fused-ring (bicyclic) bond motifs is 1. The van der Waals surface area contributed by atoms with Gasteiger partial charge in [-0.1, -0.05) is 0 Å². The maximum atomic E-state index is 12.4. The van der Waals surface area contributed by atoms with E-state index in [-0.39, 0.29) is 24.1 Å². The van der Waals surface area contributed by atoms with Crippen molar-refractivity contribution < 1.29 is 23.8 Å². The molecule has 0 spiro atoms. The van der Waals surface area contributed by atoms with Gasteiger partial charge in [-0.2, -0.15) is 0 Å². The summed E-state index contributed by atoms with van der Waals surface area (Å²) in [7, 11) is 0. The van der Waals surface area contributed by atoms with E-state index in [2.05, 4.69) is 4.98 Å². The molecule has 0 saturated carbocycles. The molecule has 0 aliphatic carbocycles. The number of rotatable bonds is 2. The highest BCUT2D eigenvalue weighted by atomic mass is 16.5. The molecule has 0 aromatic carbocycles. The number of carbonyl (C=O) groups is 2. The molecule has 108 valence electrons. The first-order valence-electron chi connectivity index (χ1n) is 6.55. The van der Waals surface area contributed by atoms with E-state index in [0.29, 0.717) is 31.9 Å². The number of amides is 1. The van der Waals surface area contributed by atoms with E-state index in [1.807, 2.05) is 0 Å². The van der Waals surface area contributed by atoms with Crippen LogP contribution in [-0.2, 0) is 9.53 Å². The molecule has 2 aliphatic heterocycles. The lowest BCUT2D eigenvalue weighted by atomic mass is 9.74. The maximum absolute atomic E-state index is 12.4. The second-order valence-electron chi connectivity index (χ2n) is 5.44. The maximum Gasteiger partial charge on any atom is 0.311 e. The van der Waals surface area contributed by atoms with Crippen LogP contribution >= 0.6 is 0 Å². The second-order valence-corrected chi connectivity index (χ2v) is 5.44. The monoisotopic (exact) mass is 280 g/mol. The Bertz CT molecular complexity index is 555. The number of likely N-dealkylation sites (tertiary alicyclic amines) is 1. The third-order valence-electron chi connectivity index (χ3n) is 4.36. The number of aliphatic carboxylic acids is 1. The molecular weight excluding hydrogens is 264 g/mol. The minimum absolute atomic E-state index is 0.166. The van der Waals surface area contributed by atoms with Gasteiger partial charge in [-0.3, -0.25) is 9.59 Å². The third kappa shape index (κ3) is 1.81. The Kier molecular flexibility index (Phi) is 3.01. The largest absolute Gasteiger partial charge is 0.481 e. The highest BCUT2D eigenvalue weighted by Crippen LogP contribution is 2.42. The number of oxazole rings is 1. The number of aryl methyl sites for hydroxylation is 1. The first-order chi connectivity index (χ1) is 9.54. The lowest BCUT2D eigenvalue weighted by Crippen LogP contribution is -2.45. The molecule has 2 atom stereocenters. The van der Waals surface area contributed by atoms with Crippen molar-refractivity contribution in [3.63, 3.8) is 0 Å². The van der Waals surface area contributed by atoms with E-state index in [1.165, 1.54) is 6.39 Å². The zero-order valence-electron chi connectivity index (χ0n) is 11.2. The summed E-state index contributed by atoms with van der Waals surface area (Å²) in [5, 5.41) is 9.55. The summed E-state index contributed by atoms with van der Waals surface area (Å²) < 4.78 is 10.5. The number of aromatic nitrogens is 1. The minimum Gasteiger partial charge on any atom is -0.481 e. The number of ether oxygens (including phenoxy) is 1. The molecule has 1 N–H and O–H groups in total.